The van der Waals surface area contributed by atoms with E-state index in [1.807, 2.05) is 19.9 Å². The molecule has 1 aromatic heterocycles. The van der Waals surface area contributed by atoms with Crippen molar-refractivity contribution >= 4 is 11.8 Å². The number of halogens is 1. The summed E-state index contributed by atoms with van der Waals surface area (Å²) >= 11 is 1.54. The zero-order chi connectivity index (χ0) is 14.7. The molecule has 0 spiro atoms. The first kappa shape index (κ1) is 14.8. The Kier molecular flexibility index (Phi) is 4.60. The monoisotopic (exact) mass is 292 g/mol. The second-order valence-corrected chi connectivity index (χ2v) is 5.79. The summed E-state index contributed by atoms with van der Waals surface area (Å²) in [6.45, 7) is 3.85. The summed E-state index contributed by atoms with van der Waals surface area (Å²) in [6, 6.07) is 6.32. The van der Waals surface area contributed by atoms with Gasteiger partial charge in [-0.3, -0.25) is 9.36 Å². The topological polar surface area (TPSA) is 34.9 Å². The summed E-state index contributed by atoms with van der Waals surface area (Å²) in [4.78, 5) is 16.9. The van der Waals surface area contributed by atoms with Crippen LogP contribution in [0, 0.1) is 12.7 Å². The van der Waals surface area contributed by atoms with Gasteiger partial charge in [0, 0.05) is 24.7 Å². The van der Waals surface area contributed by atoms with E-state index < -0.39 is 0 Å². The van der Waals surface area contributed by atoms with Gasteiger partial charge in [0.15, 0.2) is 5.16 Å². The van der Waals surface area contributed by atoms with Gasteiger partial charge in [-0.15, -0.1) is 0 Å². The minimum atomic E-state index is -0.289. The third-order valence-corrected chi connectivity index (χ3v) is 4.01. The number of thioether (sulfide) groups is 1. The zero-order valence-corrected chi connectivity index (χ0v) is 12.6. The minimum absolute atomic E-state index is 0.0577. The second-order valence-electron chi connectivity index (χ2n) is 4.56. The van der Waals surface area contributed by atoms with Crippen LogP contribution in [-0.2, 0) is 13.5 Å². The first-order valence-electron chi connectivity index (χ1n) is 6.46. The lowest BCUT2D eigenvalue weighted by molar-refractivity contribution is 0.625. The lowest BCUT2D eigenvalue weighted by atomic mass is 10.1. The van der Waals surface area contributed by atoms with Gasteiger partial charge in [0.05, 0.1) is 0 Å². The Morgan fingerprint density at radius 2 is 2.15 bits per heavy atom. The molecule has 0 bridgehead atoms. The largest absolute Gasteiger partial charge is 0.291 e. The van der Waals surface area contributed by atoms with E-state index >= 15 is 0 Å². The van der Waals surface area contributed by atoms with Crippen LogP contribution in [0.15, 0.2) is 34.2 Å². The number of aryl methyl sites for hydroxylation is 1. The van der Waals surface area contributed by atoms with Crippen molar-refractivity contribution in [3.8, 4) is 0 Å². The van der Waals surface area contributed by atoms with Crippen molar-refractivity contribution in [1.29, 1.82) is 0 Å². The van der Waals surface area contributed by atoms with Crippen molar-refractivity contribution in [2.75, 3.05) is 5.75 Å². The van der Waals surface area contributed by atoms with E-state index in [4.69, 9.17) is 0 Å². The van der Waals surface area contributed by atoms with Gasteiger partial charge in [-0.05, 0) is 30.4 Å². The van der Waals surface area contributed by atoms with Gasteiger partial charge in [0.1, 0.15) is 5.82 Å². The average molecular weight is 292 g/mol. The van der Waals surface area contributed by atoms with Crippen LogP contribution in [0.2, 0.25) is 0 Å². The molecule has 0 saturated carbocycles. The zero-order valence-electron chi connectivity index (χ0n) is 11.8. The van der Waals surface area contributed by atoms with E-state index in [0.29, 0.717) is 17.7 Å². The molecular weight excluding hydrogens is 275 g/mol. The number of aromatic nitrogens is 2. The first-order chi connectivity index (χ1) is 9.52. The Bertz CT molecular complexity index is 682. The molecule has 2 rings (SSSR count). The maximum absolute atomic E-state index is 13.2. The number of hydrogen-bond donors (Lipinski definition) is 0. The number of benzene rings is 1. The molecular formula is C15H17FN2OS. The van der Waals surface area contributed by atoms with Crippen molar-refractivity contribution in [3.05, 3.63) is 57.3 Å². The number of hydrogen-bond acceptors (Lipinski definition) is 3. The van der Waals surface area contributed by atoms with Crippen molar-refractivity contribution in [2.24, 2.45) is 7.05 Å². The second kappa shape index (κ2) is 6.22. The highest BCUT2D eigenvalue weighted by Crippen LogP contribution is 2.16. The third-order valence-electron chi connectivity index (χ3n) is 3.09. The van der Waals surface area contributed by atoms with E-state index in [2.05, 4.69) is 4.98 Å². The van der Waals surface area contributed by atoms with Gasteiger partial charge >= 0.3 is 0 Å². The van der Waals surface area contributed by atoms with E-state index in [-0.39, 0.29) is 11.4 Å². The van der Waals surface area contributed by atoms with Gasteiger partial charge in [0.2, 0.25) is 0 Å². The van der Waals surface area contributed by atoms with Crippen LogP contribution in [0.4, 0.5) is 4.39 Å². The van der Waals surface area contributed by atoms with Crippen molar-refractivity contribution in [1.82, 2.24) is 9.55 Å². The van der Waals surface area contributed by atoms with Gasteiger partial charge < -0.3 is 0 Å². The summed E-state index contributed by atoms with van der Waals surface area (Å²) in [5, 5.41) is 0.720. The normalized spacial score (nSPS) is 10.8. The quantitative estimate of drug-likeness (QED) is 0.642. The van der Waals surface area contributed by atoms with Crippen LogP contribution in [0.5, 0.6) is 0 Å². The van der Waals surface area contributed by atoms with Gasteiger partial charge in [-0.2, -0.15) is 0 Å². The Morgan fingerprint density at radius 1 is 1.40 bits per heavy atom. The number of nitrogens with zero attached hydrogens (tertiary/aromatic N) is 2. The molecule has 0 amide bonds. The van der Waals surface area contributed by atoms with Crippen molar-refractivity contribution in [3.63, 3.8) is 0 Å². The van der Waals surface area contributed by atoms with Crippen LogP contribution in [0.25, 0.3) is 0 Å². The molecule has 0 saturated heterocycles. The van der Waals surface area contributed by atoms with Crippen molar-refractivity contribution in [2.45, 2.75) is 25.4 Å². The molecule has 0 aliphatic rings. The fourth-order valence-corrected chi connectivity index (χ4v) is 2.78. The Labute approximate surface area is 121 Å². The SMILES string of the molecule is CCSc1nc(C)c(Cc2cccc(F)c2)c(=O)n1C. The molecule has 2 aromatic rings. The van der Waals surface area contributed by atoms with Gasteiger partial charge in [-0.1, -0.05) is 30.8 Å². The highest BCUT2D eigenvalue weighted by atomic mass is 32.2. The fraction of sp³-hybridized carbons (Fsp3) is 0.333. The van der Waals surface area contributed by atoms with E-state index in [1.54, 1.807) is 17.7 Å². The third kappa shape index (κ3) is 3.10. The van der Waals surface area contributed by atoms with E-state index in [1.165, 1.54) is 23.9 Å². The molecule has 1 aromatic carbocycles. The molecule has 20 heavy (non-hydrogen) atoms. The summed E-state index contributed by atoms with van der Waals surface area (Å²) in [5.74, 6) is 0.575. The molecule has 0 radical (unpaired) electrons. The molecule has 0 aliphatic heterocycles. The fourth-order valence-electron chi connectivity index (χ4n) is 2.04. The lowest BCUT2D eigenvalue weighted by Crippen LogP contribution is -2.25. The minimum Gasteiger partial charge on any atom is -0.291 e. The van der Waals surface area contributed by atoms with Crippen LogP contribution in [0.1, 0.15) is 23.7 Å². The Hall–Kier alpha value is -1.62. The van der Waals surface area contributed by atoms with Crippen molar-refractivity contribution < 1.29 is 4.39 Å². The van der Waals surface area contributed by atoms with E-state index in [9.17, 15) is 9.18 Å². The van der Waals surface area contributed by atoms with Gasteiger partial charge in [0.25, 0.3) is 5.56 Å². The molecule has 0 unspecified atom stereocenters. The summed E-state index contributed by atoms with van der Waals surface area (Å²) in [7, 11) is 1.72. The number of rotatable bonds is 4. The summed E-state index contributed by atoms with van der Waals surface area (Å²) in [6.07, 6.45) is 0.403. The predicted molar refractivity (Wildman–Crippen MR) is 79.8 cm³/mol. The molecule has 0 fully saturated rings. The molecule has 3 nitrogen and oxygen atoms in total. The Balaban J connectivity index is 2.43. The maximum Gasteiger partial charge on any atom is 0.257 e. The highest BCUT2D eigenvalue weighted by molar-refractivity contribution is 7.99. The van der Waals surface area contributed by atoms with Gasteiger partial charge in [-0.25, -0.2) is 9.37 Å². The molecule has 0 aliphatic carbocycles. The molecule has 5 heteroatoms. The summed E-state index contributed by atoms with van der Waals surface area (Å²) < 4.78 is 14.8. The van der Waals surface area contributed by atoms with Crippen LogP contribution < -0.4 is 5.56 Å². The smallest absolute Gasteiger partial charge is 0.257 e. The molecule has 1 heterocycles. The first-order valence-corrected chi connectivity index (χ1v) is 7.45. The van der Waals surface area contributed by atoms with Crippen LogP contribution in [0.3, 0.4) is 0 Å². The molecule has 0 atom stereocenters. The van der Waals surface area contributed by atoms with Crippen LogP contribution >= 0.6 is 11.8 Å². The maximum atomic E-state index is 13.2. The average Bonchev–Trinajstić information content (AvgIpc) is 2.41. The molecule has 106 valence electrons. The van der Waals surface area contributed by atoms with E-state index in [0.717, 1.165) is 16.5 Å². The standard InChI is InChI=1S/C15H17FN2OS/c1-4-20-15-17-10(2)13(14(19)18(15)3)9-11-6-5-7-12(16)8-11/h5-8H,4,9H2,1-3H3. The predicted octanol–water partition coefficient (Wildman–Crippen LogP) is 2.93. The highest BCUT2D eigenvalue weighted by Gasteiger charge is 2.12. The van der Waals surface area contributed by atoms with Crippen LogP contribution in [-0.4, -0.2) is 15.3 Å². The summed E-state index contributed by atoms with van der Waals surface area (Å²) in [5.41, 5.74) is 2.06. The Morgan fingerprint density at radius 3 is 2.80 bits per heavy atom. The lowest BCUT2D eigenvalue weighted by Gasteiger charge is -2.11. The molecule has 0 N–H and O–H groups in total.